The Labute approximate surface area is 210 Å². The van der Waals surface area contributed by atoms with Crippen molar-refractivity contribution >= 4 is 28.8 Å². The van der Waals surface area contributed by atoms with Crippen LogP contribution in [0, 0.1) is 0 Å². The summed E-state index contributed by atoms with van der Waals surface area (Å²) in [5, 5.41) is 5.17. The molecule has 0 bridgehead atoms. The summed E-state index contributed by atoms with van der Waals surface area (Å²) in [6, 6.07) is 17.9. The number of nitrogens with one attached hydrogen (secondary N) is 1. The fourth-order valence-corrected chi connectivity index (χ4v) is 5.20. The molecule has 6 nitrogen and oxygen atoms in total. The molecule has 1 aromatic heterocycles. The maximum absolute atomic E-state index is 13.8. The van der Waals surface area contributed by atoms with Crippen molar-refractivity contribution in [3.63, 3.8) is 0 Å². The number of carbonyl (C=O) groups excluding carboxylic acids is 2. The molecule has 184 valence electrons. The van der Waals surface area contributed by atoms with Gasteiger partial charge in [-0.25, -0.2) is 0 Å². The quantitative estimate of drug-likeness (QED) is 0.404. The van der Waals surface area contributed by atoms with E-state index in [-0.39, 0.29) is 24.3 Å². The molecule has 35 heavy (non-hydrogen) atoms. The fourth-order valence-electron chi connectivity index (χ4n) is 4.51. The molecular weight excluding hydrogens is 460 g/mol. The largest absolute Gasteiger partial charge is 0.497 e. The first-order chi connectivity index (χ1) is 17.1. The van der Waals surface area contributed by atoms with Gasteiger partial charge in [0.25, 0.3) is 0 Å². The van der Waals surface area contributed by atoms with Crippen LogP contribution in [0.15, 0.2) is 66.0 Å². The van der Waals surface area contributed by atoms with Gasteiger partial charge in [0.15, 0.2) is 0 Å². The highest BCUT2D eigenvalue weighted by molar-refractivity contribution is 7.10. The lowest BCUT2D eigenvalue weighted by Crippen LogP contribution is -2.46. The molecular formula is C28H32N2O4S. The Bertz CT molecular complexity index is 1090. The van der Waals surface area contributed by atoms with Gasteiger partial charge in [0.1, 0.15) is 17.5 Å². The van der Waals surface area contributed by atoms with Crippen LogP contribution in [-0.4, -0.2) is 31.6 Å². The molecule has 0 spiro atoms. The fraction of sp³-hybridized carbons (Fsp3) is 0.357. The van der Waals surface area contributed by atoms with Crippen molar-refractivity contribution in [3.8, 4) is 11.5 Å². The number of benzene rings is 2. The van der Waals surface area contributed by atoms with Crippen LogP contribution in [0.4, 0.5) is 5.69 Å². The molecule has 1 aliphatic rings. The average Bonchev–Trinajstić information content (AvgIpc) is 3.58. The van der Waals surface area contributed by atoms with Crippen LogP contribution in [-0.2, 0) is 16.0 Å². The molecule has 1 saturated carbocycles. The molecule has 1 atom stereocenters. The van der Waals surface area contributed by atoms with Crippen molar-refractivity contribution in [1.82, 2.24) is 5.32 Å². The second-order valence-electron chi connectivity index (χ2n) is 8.61. The zero-order valence-corrected chi connectivity index (χ0v) is 21.1. The summed E-state index contributed by atoms with van der Waals surface area (Å²) < 4.78 is 10.9. The van der Waals surface area contributed by atoms with E-state index in [1.165, 1.54) is 11.3 Å². The van der Waals surface area contributed by atoms with Crippen LogP contribution >= 0.6 is 11.3 Å². The standard InChI is InChI=1S/C28H32N2O4S/c1-3-34-24-16-12-22(13-17-24)30(26(31)19-25-9-6-18-35-25)27(20-10-14-23(33-2)15-11-20)28(32)29-21-7-4-5-8-21/h6,9-18,21,27H,3-5,7-8,19H2,1-2H3,(H,29,32)/t27-/m0/s1. The number of ether oxygens (including phenoxy) is 2. The number of rotatable bonds is 10. The van der Waals surface area contributed by atoms with E-state index in [0.29, 0.717) is 18.0 Å². The Kier molecular flexibility index (Phi) is 8.42. The molecule has 0 radical (unpaired) electrons. The van der Waals surface area contributed by atoms with E-state index in [0.717, 1.165) is 41.9 Å². The van der Waals surface area contributed by atoms with Crippen LogP contribution < -0.4 is 19.7 Å². The summed E-state index contributed by atoms with van der Waals surface area (Å²) in [6.45, 7) is 2.48. The lowest BCUT2D eigenvalue weighted by molar-refractivity contribution is -0.127. The highest BCUT2D eigenvalue weighted by Gasteiger charge is 2.34. The number of methoxy groups -OCH3 is 1. The summed E-state index contributed by atoms with van der Waals surface area (Å²) in [5.74, 6) is 1.11. The van der Waals surface area contributed by atoms with Crippen molar-refractivity contribution in [2.75, 3.05) is 18.6 Å². The SMILES string of the molecule is CCOc1ccc(N(C(=O)Cc2cccs2)[C@H](C(=O)NC2CCCC2)c2ccc(OC)cc2)cc1. The van der Waals surface area contributed by atoms with Crippen molar-refractivity contribution < 1.29 is 19.1 Å². The van der Waals surface area contributed by atoms with Gasteiger partial charge in [0.2, 0.25) is 11.8 Å². The van der Waals surface area contributed by atoms with Crippen LogP contribution in [0.25, 0.3) is 0 Å². The topological polar surface area (TPSA) is 67.9 Å². The summed E-state index contributed by atoms with van der Waals surface area (Å²) >= 11 is 1.54. The molecule has 0 unspecified atom stereocenters. The maximum atomic E-state index is 13.8. The lowest BCUT2D eigenvalue weighted by Gasteiger charge is -2.32. The third-order valence-electron chi connectivity index (χ3n) is 6.24. The molecule has 0 saturated heterocycles. The van der Waals surface area contributed by atoms with E-state index in [4.69, 9.17) is 9.47 Å². The predicted molar refractivity (Wildman–Crippen MR) is 139 cm³/mol. The summed E-state index contributed by atoms with van der Waals surface area (Å²) in [4.78, 5) is 30.2. The van der Waals surface area contributed by atoms with Gasteiger partial charge in [0.05, 0.1) is 20.1 Å². The summed E-state index contributed by atoms with van der Waals surface area (Å²) in [6.07, 6.45) is 4.37. The lowest BCUT2D eigenvalue weighted by atomic mass is 10.0. The molecule has 2 aromatic carbocycles. The second kappa shape index (κ2) is 11.9. The first kappa shape index (κ1) is 24.8. The number of amides is 2. The molecule has 2 amide bonds. The minimum atomic E-state index is -0.813. The zero-order chi connectivity index (χ0) is 24.6. The van der Waals surface area contributed by atoms with Gasteiger partial charge in [-0.1, -0.05) is 31.0 Å². The van der Waals surface area contributed by atoms with Crippen LogP contribution in [0.3, 0.4) is 0 Å². The molecule has 7 heteroatoms. The third-order valence-corrected chi connectivity index (χ3v) is 7.12. The summed E-state index contributed by atoms with van der Waals surface area (Å²) in [5.41, 5.74) is 1.38. The first-order valence-corrected chi connectivity index (χ1v) is 13.0. The highest BCUT2D eigenvalue weighted by Crippen LogP contribution is 2.32. The minimum Gasteiger partial charge on any atom is -0.497 e. The van der Waals surface area contributed by atoms with E-state index in [1.807, 2.05) is 73.0 Å². The van der Waals surface area contributed by atoms with Gasteiger partial charge < -0.3 is 14.8 Å². The number of carbonyl (C=O) groups is 2. The Balaban J connectivity index is 1.74. The number of hydrogen-bond acceptors (Lipinski definition) is 5. The number of nitrogens with zero attached hydrogens (tertiary/aromatic N) is 1. The smallest absolute Gasteiger partial charge is 0.248 e. The average molecular weight is 493 g/mol. The maximum Gasteiger partial charge on any atom is 0.248 e. The van der Waals surface area contributed by atoms with E-state index >= 15 is 0 Å². The van der Waals surface area contributed by atoms with Gasteiger partial charge >= 0.3 is 0 Å². The van der Waals surface area contributed by atoms with Crippen LogP contribution in [0.5, 0.6) is 11.5 Å². The monoisotopic (exact) mass is 492 g/mol. The number of hydrogen-bond donors (Lipinski definition) is 1. The Morgan fingerprint density at radius 3 is 2.31 bits per heavy atom. The van der Waals surface area contributed by atoms with Gasteiger partial charge in [-0.05, 0) is 73.2 Å². The zero-order valence-electron chi connectivity index (χ0n) is 20.2. The van der Waals surface area contributed by atoms with Crippen LogP contribution in [0.2, 0.25) is 0 Å². The minimum absolute atomic E-state index is 0.137. The Morgan fingerprint density at radius 2 is 1.71 bits per heavy atom. The van der Waals surface area contributed by atoms with Gasteiger partial charge in [-0.2, -0.15) is 0 Å². The number of thiophene rings is 1. The van der Waals surface area contributed by atoms with Crippen molar-refractivity contribution in [1.29, 1.82) is 0 Å². The number of anilines is 1. The van der Waals surface area contributed by atoms with E-state index in [2.05, 4.69) is 5.32 Å². The molecule has 4 rings (SSSR count). The Morgan fingerprint density at radius 1 is 1.03 bits per heavy atom. The third kappa shape index (κ3) is 6.22. The normalized spacial score (nSPS) is 14.3. The summed E-state index contributed by atoms with van der Waals surface area (Å²) in [7, 11) is 1.61. The second-order valence-corrected chi connectivity index (χ2v) is 9.64. The molecule has 1 aliphatic carbocycles. The first-order valence-electron chi connectivity index (χ1n) is 12.1. The van der Waals surface area contributed by atoms with Gasteiger partial charge in [-0.3, -0.25) is 14.5 Å². The molecule has 3 aromatic rings. The molecule has 1 fully saturated rings. The van der Waals surface area contributed by atoms with Gasteiger partial charge in [0, 0.05) is 16.6 Å². The highest BCUT2D eigenvalue weighted by atomic mass is 32.1. The van der Waals surface area contributed by atoms with Crippen molar-refractivity contribution in [3.05, 3.63) is 76.5 Å². The van der Waals surface area contributed by atoms with E-state index in [1.54, 1.807) is 12.0 Å². The predicted octanol–water partition coefficient (Wildman–Crippen LogP) is 5.53. The molecule has 0 aliphatic heterocycles. The van der Waals surface area contributed by atoms with Crippen molar-refractivity contribution in [2.24, 2.45) is 0 Å². The van der Waals surface area contributed by atoms with E-state index in [9.17, 15) is 9.59 Å². The molecule has 1 N–H and O–H groups in total. The van der Waals surface area contributed by atoms with E-state index < -0.39 is 6.04 Å². The van der Waals surface area contributed by atoms with Crippen molar-refractivity contribution in [2.45, 2.75) is 51.1 Å². The van der Waals surface area contributed by atoms with Gasteiger partial charge in [-0.15, -0.1) is 11.3 Å². The molecule has 1 heterocycles. The van der Waals surface area contributed by atoms with Crippen LogP contribution in [0.1, 0.15) is 49.1 Å². The Hall–Kier alpha value is -3.32.